The highest BCUT2D eigenvalue weighted by Gasteiger charge is 2.30. The maximum Gasteiger partial charge on any atom is 0.416 e. The van der Waals surface area contributed by atoms with Crippen molar-refractivity contribution in [3.63, 3.8) is 0 Å². The van der Waals surface area contributed by atoms with Crippen molar-refractivity contribution in [1.82, 2.24) is 0 Å². The lowest BCUT2D eigenvalue weighted by molar-refractivity contribution is -0.137. The second kappa shape index (κ2) is 4.49. The van der Waals surface area contributed by atoms with E-state index in [0.717, 1.165) is 12.1 Å². The van der Waals surface area contributed by atoms with Crippen molar-refractivity contribution in [3.05, 3.63) is 48.0 Å². The van der Waals surface area contributed by atoms with Crippen molar-refractivity contribution < 1.29 is 18.3 Å². The number of hydrogen-bond donors (Lipinski definition) is 1. The van der Waals surface area contributed by atoms with Crippen LogP contribution in [0.5, 0.6) is 0 Å². The van der Waals surface area contributed by atoms with Gasteiger partial charge in [-0.15, -0.1) is 6.58 Å². The molecule has 1 atom stereocenters. The Labute approximate surface area is 85.9 Å². The van der Waals surface area contributed by atoms with Gasteiger partial charge in [-0.3, -0.25) is 0 Å². The van der Waals surface area contributed by atoms with Gasteiger partial charge in [0.2, 0.25) is 0 Å². The zero-order valence-corrected chi connectivity index (χ0v) is 7.96. The smallest absolute Gasteiger partial charge is 0.395 e. The van der Waals surface area contributed by atoms with Gasteiger partial charge in [0.05, 0.1) is 12.2 Å². The van der Waals surface area contributed by atoms with E-state index in [2.05, 4.69) is 6.58 Å². The molecule has 0 unspecified atom stereocenters. The first-order valence-electron chi connectivity index (χ1n) is 4.39. The molecule has 0 aliphatic rings. The maximum atomic E-state index is 12.2. The summed E-state index contributed by atoms with van der Waals surface area (Å²) in [5.74, 6) is -0.313. The molecule has 1 nitrogen and oxygen atoms in total. The monoisotopic (exact) mass is 216 g/mol. The van der Waals surface area contributed by atoms with Crippen molar-refractivity contribution >= 4 is 0 Å². The number of rotatable bonds is 3. The highest BCUT2D eigenvalue weighted by Crippen LogP contribution is 2.30. The van der Waals surface area contributed by atoms with Gasteiger partial charge in [0.25, 0.3) is 0 Å². The molecule has 0 radical (unpaired) electrons. The molecule has 1 aromatic rings. The molecular formula is C11H11F3O. The minimum Gasteiger partial charge on any atom is -0.395 e. The van der Waals surface area contributed by atoms with Gasteiger partial charge < -0.3 is 5.11 Å². The normalized spacial score (nSPS) is 13.6. The molecule has 0 saturated carbocycles. The third-order valence-corrected chi connectivity index (χ3v) is 2.15. The minimum atomic E-state index is -4.32. The fourth-order valence-corrected chi connectivity index (χ4v) is 1.24. The molecular weight excluding hydrogens is 205 g/mol. The lowest BCUT2D eigenvalue weighted by Gasteiger charge is -2.11. The Morgan fingerprint density at radius 1 is 1.27 bits per heavy atom. The summed E-state index contributed by atoms with van der Waals surface area (Å²) in [6.07, 6.45) is -2.82. The van der Waals surface area contributed by atoms with Crippen LogP contribution < -0.4 is 0 Å². The highest BCUT2D eigenvalue weighted by molar-refractivity contribution is 5.29. The molecule has 0 aliphatic heterocycles. The molecule has 4 heteroatoms. The first-order chi connectivity index (χ1) is 6.99. The van der Waals surface area contributed by atoms with E-state index in [1.807, 2.05) is 0 Å². The lowest BCUT2D eigenvalue weighted by Crippen LogP contribution is -2.06. The van der Waals surface area contributed by atoms with Gasteiger partial charge in [0, 0.05) is 5.92 Å². The van der Waals surface area contributed by atoms with Crippen LogP contribution in [0, 0.1) is 0 Å². The topological polar surface area (TPSA) is 20.2 Å². The summed E-state index contributed by atoms with van der Waals surface area (Å²) in [6.45, 7) is 3.34. The average molecular weight is 216 g/mol. The lowest BCUT2D eigenvalue weighted by atomic mass is 9.99. The first kappa shape index (κ1) is 11.8. The Hall–Kier alpha value is -1.29. The molecule has 0 fully saturated rings. The number of halogens is 3. The molecule has 1 aromatic carbocycles. The highest BCUT2D eigenvalue weighted by atomic mass is 19.4. The summed E-state index contributed by atoms with van der Waals surface area (Å²) in [4.78, 5) is 0. The fraction of sp³-hybridized carbons (Fsp3) is 0.273. The van der Waals surface area contributed by atoms with Crippen LogP contribution in [0.2, 0.25) is 0 Å². The molecule has 1 rings (SSSR count). The van der Waals surface area contributed by atoms with Crippen LogP contribution in [0.1, 0.15) is 17.0 Å². The number of hydrogen-bond acceptors (Lipinski definition) is 1. The van der Waals surface area contributed by atoms with Crippen molar-refractivity contribution in [3.8, 4) is 0 Å². The molecule has 0 aliphatic carbocycles. The van der Waals surface area contributed by atoms with Gasteiger partial charge in [-0.05, 0) is 17.7 Å². The second-order valence-electron chi connectivity index (χ2n) is 3.14. The fourth-order valence-electron chi connectivity index (χ4n) is 1.24. The quantitative estimate of drug-likeness (QED) is 0.770. The van der Waals surface area contributed by atoms with Crippen molar-refractivity contribution in [1.29, 1.82) is 0 Å². The zero-order valence-electron chi connectivity index (χ0n) is 7.96. The summed E-state index contributed by atoms with van der Waals surface area (Å²) < 4.78 is 36.6. The Morgan fingerprint density at radius 2 is 1.80 bits per heavy atom. The first-order valence-corrected chi connectivity index (χ1v) is 4.39. The van der Waals surface area contributed by atoms with Gasteiger partial charge in [0.1, 0.15) is 0 Å². The Kier molecular flexibility index (Phi) is 3.52. The third kappa shape index (κ3) is 2.83. The predicted molar refractivity (Wildman–Crippen MR) is 51.5 cm³/mol. The van der Waals surface area contributed by atoms with Crippen LogP contribution in [0.4, 0.5) is 13.2 Å². The van der Waals surface area contributed by atoms with E-state index in [-0.39, 0.29) is 12.5 Å². The molecule has 0 amide bonds. The zero-order chi connectivity index (χ0) is 11.5. The summed E-state index contributed by atoms with van der Waals surface area (Å²) >= 11 is 0. The number of alkyl halides is 3. The molecule has 0 saturated heterocycles. The number of aliphatic hydroxyl groups is 1. The van der Waals surface area contributed by atoms with E-state index in [0.29, 0.717) is 5.56 Å². The van der Waals surface area contributed by atoms with E-state index < -0.39 is 11.7 Å². The van der Waals surface area contributed by atoms with Crippen LogP contribution in [0.25, 0.3) is 0 Å². The van der Waals surface area contributed by atoms with Gasteiger partial charge in [-0.25, -0.2) is 0 Å². The summed E-state index contributed by atoms with van der Waals surface area (Å²) in [7, 11) is 0. The third-order valence-electron chi connectivity index (χ3n) is 2.15. The van der Waals surface area contributed by atoms with Crippen LogP contribution in [-0.4, -0.2) is 11.7 Å². The molecule has 15 heavy (non-hydrogen) atoms. The molecule has 1 N–H and O–H groups in total. The standard InChI is InChI=1S/C11H11F3O/c1-2-8(7-15)9-3-5-10(6-4-9)11(12,13)14/h2-6,8,15H,1,7H2/t8-/m1/s1. The number of benzene rings is 1. The van der Waals surface area contributed by atoms with Crippen molar-refractivity contribution in [2.75, 3.05) is 6.61 Å². The van der Waals surface area contributed by atoms with E-state index in [9.17, 15) is 13.2 Å². The molecule has 0 aromatic heterocycles. The van der Waals surface area contributed by atoms with Crippen LogP contribution in [0.15, 0.2) is 36.9 Å². The van der Waals surface area contributed by atoms with Gasteiger partial charge in [-0.1, -0.05) is 18.2 Å². The van der Waals surface area contributed by atoms with E-state index in [1.54, 1.807) is 0 Å². The van der Waals surface area contributed by atoms with Crippen molar-refractivity contribution in [2.45, 2.75) is 12.1 Å². The molecule has 0 bridgehead atoms. The van der Waals surface area contributed by atoms with Crippen LogP contribution >= 0.6 is 0 Å². The van der Waals surface area contributed by atoms with Gasteiger partial charge >= 0.3 is 6.18 Å². The maximum absolute atomic E-state index is 12.2. The van der Waals surface area contributed by atoms with Crippen molar-refractivity contribution in [2.24, 2.45) is 0 Å². The van der Waals surface area contributed by atoms with E-state index in [4.69, 9.17) is 5.11 Å². The van der Waals surface area contributed by atoms with Crippen LogP contribution in [0.3, 0.4) is 0 Å². The van der Waals surface area contributed by atoms with Gasteiger partial charge in [0.15, 0.2) is 0 Å². The minimum absolute atomic E-state index is 0.158. The largest absolute Gasteiger partial charge is 0.416 e. The Balaban J connectivity index is 2.94. The SMILES string of the molecule is C=C[C@H](CO)c1ccc(C(F)(F)F)cc1. The summed E-state index contributed by atoms with van der Waals surface area (Å²) in [6, 6.07) is 4.71. The van der Waals surface area contributed by atoms with E-state index >= 15 is 0 Å². The predicted octanol–water partition coefficient (Wildman–Crippen LogP) is 2.97. The average Bonchev–Trinajstić information content (AvgIpc) is 2.19. The molecule has 82 valence electrons. The summed E-state index contributed by atoms with van der Waals surface area (Å²) in [5.41, 5.74) is -0.0625. The summed E-state index contributed by atoms with van der Waals surface area (Å²) in [5, 5.41) is 8.92. The Morgan fingerprint density at radius 3 is 2.13 bits per heavy atom. The molecule has 0 spiro atoms. The van der Waals surface area contributed by atoms with Gasteiger partial charge in [-0.2, -0.15) is 13.2 Å². The Bertz CT molecular complexity index is 327. The van der Waals surface area contributed by atoms with Crippen LogP contribution in [-0.2, 0) is 6.18 Å². The number of aliphatic hydroxyl groups excluding tert-OH is 1. The second-order valence-corrected chi connectivity index (χ2v) is 3.14. The van der Waals surface area contributed by atoms with E-state index in [1.165, 1.54) is 18.2 Å². The molecule has 0 heterocycles.